The summed E-state index contributed by atoms with van der Waals surface area (Å²) in [6.45, 7) is 6.69. The number of anilines is 2. The average molecular weight is 525 g/mol. The van der Waals surface area contributed by atoms with Gasteiger partial charge in [-0.05, 0) is 66.5 Å². The van der Waals surface area contributed by atoms with E-state index in [9.17, 15) is 14.4 Å². The number of para-hydroxylation sites is 1. The van der Waals surface area contributed by atoms with Crippen LogP contribution in [0.25, 0.3) is 0 Å². The van der Waals surface area contributed by atoms with Crippen molar-refractivity contribution in [3.8, 4) is 0 Å². The Labute approximate surface area is 220 Å². The summed E-state index contributed by atoms with van der Waals surface area (Å²) in [5.41, 5.74) is 2.55. The number of ether oxygens (including phenoxy) is 1. The minimum absolute atomic E-state index is 0.133. The number of methoxy groups -OCH3 is 1. The molecule has 6 nitrogen and oxygen atoms in total. The monoisotopic (exact) mass is 524 g/mol. The summed E-state index contributed by atoms with van der Waals surface area (Å²) in [6, 6.07) is 13.4. The summed E-state index contributed by atoms with van der Waals surface area (Å²) in [4.78, 5) is 40.0. The van der Waals surface area contributed by atoms with Crippen molar-refractivity contribution in [1.82, 2.24) is 0 Å². The molecule has 188 valence electrons. The predicted molar refractivity (Wildman–Crippen MR) is 144 cm³/mol. The number of esters is 1. The Morgan fingerprint density at radius 1 is 1.03 bits per heavy atom. The fourth-order valence-electron chi connectivity index (χ4n) is 4.52. The standard InChI is InChI=1S/C28H29ClN2O4S/c1-28(2,3)17-12-13-20-22(15-17)36-26(31-24(32)16-8-7-9-18(29)14-16)23(20)25(33)30-21-11-6-5-10-19(21)27(34)35-4/h5-11,14,17H,12-13,15H2,1-4H3,(H,30,33)(H,31,32). The third-order valence-electron chi connectivity index (χ3n) is 6.61. The average Bonchev–Trinajstić information content (AvgIpc) is 3.20. The molecule has 0 saturated carbocycles. The van der Waals surface area contributed by atoms with Crippen LogP contribution in [0.4, 0.5) is 10.7 Å². The zero-order valence-corrected chi connectivity index (χ0v) is 22.3. The molecule has 1 aliphatic carbocycles. The Kier molecular flexibility index (Phi) is 7.52. The number of carbonyl (C=O) groups excluding carboxylic acids is 3. The van der Waals surface area contributed by atoms with E-state index in [0.29, 0.717) is 32.8 Å². The molecule has 0 saturated heterocycles. The molecule has 0 radical (unpaired) electrons. The van der Waals surface area contributed by atoms with Crippen LogP contribution in [0.3, 0.4) is 0 Å². The van der Waals surface area contributed by atoms with E-state index in [-0.39, 0.29) is 22.8 Å². The molecule has 0 spiro atoms. The van der Waals surface area contributed by atoms with Crippen molar-refractivity contribution in [2.24, 2.45) is 11.3 Å². The Morgan fingerprint density at radius 2 is 1.78 bits per heavy atom. The van der Waals surface area contributed by atoms with Gasteiger partial charge in [-0.1, -0.05) is 50.6 Å². The zero-order chi connectivity index (χ0) is 26.0. The lowest BCUT2D eigenvalue weighted by Crippen LogP contribution is -2.27. The molecule has 8 heteroatoms. The molecule has 1 unspecified atom stereocenters. The van der Waals surface area contributed by atoms with Crippen molar-refractivity contribution in [3.05, 3.63) is 80.7 Å². The van der Waals surface area contributed by atoms with Gasteiger partial charge >= 0.3 is 5.97 Å². The summed E-state index contributed by atoms with van der Waals surface area (Å²) in [7, 11) is 1.30. The third-order valence-corrected chi connectivity index (χ3v) is 8.02. The lowest BCUT2D eigenvalue weighted by Gasteiger charge is -2.33. The van der Waals surface area contributed by atoms with Gasteiger partial charge in [0.2, 0.25) is 0 Å². The molecule has 1 heterocycles. The third kappa shape index (κ3) is 5.47. The van der Waals surface area contributed by atoms with Gasteiger partial charge in [-0.2, -0.15) is 0 Å². The first kappa shape index (κ1) is 25.9. The number of nitrogens with one attached hydrogen (secondary N) is 2. The van der Waals surface area contributed by atoms with Gasteiger partial charge in [0.15, 0.2) is 0 Å². The largest absolute Gasteiger partial charge is 0.465 e. The van der Waals surface area contributed by atoms with Gasteiger partial charge in [0.25, 0.3) is 11.8 Å². The first-order valence-corrected chi connectivity index (χ1v) is 13.0. The molecule has 3 aromatic rings. The van der Waals surface area contributed by atoms with Crippen molar-refractivity contribution in [3.63, 3.8) is 0 Å². The van der Waals surface area contributed by atoms with E-state index in [0.717, 1.165) is 29.7 Å². The SMILES string of the molecule is COC(=O)c1ccccc1NC(=O)c1c(NC(=O)c2cccc(Cl)c2)sc2c1CCC(C(C)(C)C)C2. The Morgan fingerprint density at radius 3 is 2.47 bits per heavy atom. The van der Waals surface area contributed by atoms with E-state index < -0.39 is 5.97 Å². The number of thiophene rings is 1. The van der Waals surface area contributed by atoms with E-state index in [1.807, 2.05) is 0 Å². The number of hydrogen-bond acceptors (Lipinski definition) is 5. The van der Waals surface area contributed by atoms with Crippen LogP contribution in [-0.2, 0) is 17.6 Å². The lowest BCUT2D eigenvalue weighted by atomic mass is 9.72. The first-order chi connectivity index (χ1) is 17.1. The highest BCUT2D eigenvalue weighted by Crippen LogP contribution is 2.44. The molecule has 0 fully saturated rings. The van der Waals surface area contributed by atoms with Gasteiger partial charge < -0.3 is 15.4 Å². The second-order valence-electron chi connectivity index (χ2n) is 9.97. The zero-order valence-electron chi connectivity index (χ0n) is 20.7. The number of halogens is 1. The van der Waals surface area contributed by atoms with Crippen LogP contribution < -0.4 is 10.6 Å². The fraction of sp³-hybridized carbons (Fsp3) is 0.321. The highest BCUT2D eigenvalue weighted by atomic mass is 35.5. The van der Waals surface area contributed by atoms with Gasteiger partial charge in [-0.25, -0.2) is 4.79 Å². The maximum absolute atomic E-state index is 13.7. The minimum atomic E-state index is -0.541. The van der Waals surface area contributed by atoms with E-state index in [1.165, 1.54) is 18.4 Å². The van der Waals surface area contributed by atoms with E-state index in [2.05, 4.69) is 31.4 Å². The van der Waals surface area contributed by atoms with Crippen molar-refractivity contribution in [2.45, 2.75) is 40.0 Å². The van der Waals surface area contributed by atoms with Crippen LogP contribution in [0.5, 0.6) is 0 Å². The molecular formula is C28H29ClN2O4S. The topological polar surface area (TPSA) is 84.5 Å². The molecule has 1 aromatic heterocycles. The maximum Gasteiger partial charge on any atom is 0.339 e. The summed E-state index contributed by atoms with van der Waals surface area (Å²) in [5, 5.41) is 6.78. The molecule has 2 aromatic carbocycles. The molecule has 1 atom stereocenters. The highest BCUT2D eigenvalue weighted by Gasteiger charge is 2.34. The van der Waals surface area contributed by atoms with E-state index in [1.54, 1.807) is 48.5 Å². The quantitative estimate of drug-likeness (QED) is 0.358. The van der Waals surface area contributed by atoms with Crippen molar-refractivity contribution < 1.29 is 19.1 Å². The van der Waals surface area contributed by atoms with Crippen molar-refractivity contribution in [1.29, 1.82) is 0 Å². The molecule has 0 bridgehead atoms. The van der Waals surface area contributed by atoms with Crippen molar-refractivity contribution in [2.75, 3.05) is 17.7 Å². The molecule has 4 rings (SSSR count). The molecule has 2 amide bonds. The number of amides is 2. The summed E-state index contributed by atoms with van der Waals surface area (Å²) in [5.74, 6) is -0.788. The summed E-state index contributed by atoms with van der Waals surface area (Å²) >= 11 is 7.52. The van der Waals surface area contributed by atoms with Gasteiger partial charge in [-0.15, -0.1) is 11.3 Å². The predicted octanol–water partition coefficient (Wildman–Crippen LogP) is 6.84. The first-order valence-electron chi connectivity index (χ1n) is 11.8. The summed E-state index contributed by atoms with van der Waals surface area (Å²) < 4.78 is 4.86. The van der Waals surface area contributed by atoms with Crippen LogP contribution in [0.15, 0.2) is 48.5 Å². The van der Waals surface area contributed by atoms with Crippen LogP contribution >= 0.6 is 22.9 Å². The van der Waals surface area contributed by atoms with Crippen LogP contribution in [0, 0.1) is 11.3 Å². The summed E-state index contributed by atoms with van der Waals surface area (Å²) in [6.07, 6.45) is 2.53. The Balaban J connectivity index is 1.71. The minimum Gasteiger partial charge on any atom is -0.465 e. The number of benzene rings is 2. The highest BCUT2D eigenvalue weighted by molar-refractivity contribution is 7.17. The van der Waals surface area contributed by atoms with Crippen LogP contribution in [0.1, 0.15) is 68.7 Å². The van der Waals surface area contributed by atoms with Gasteiger partial charge in [0, 0.05) is 15.5 Å². The van der Waals surface area contributed by atoms with Gasteiger partial charge in [-0.3, -0.25) is 9.59 Å². The van der Waals surface area contributed by atoms with Gasteiger partial charge in [0.05, 0.1) is 23.9 Å². The number of carbonyl (C=O) groups is 3. The fourth-order valence-corrected chi connectivity index (χ4v) is 6.03. The second kappa shape index (κ2) is 10.4. The van der Waals surface area contributed by atoms with Gasteiger partial charge in [0.1, 0.15) is 5.00 Å². The molecule has 0 aliphatic heterocycles. The maximum atomic E-state index is 13.7. The smallest absolute Gasteiger partial charge is 0.339 e. The number of fused-ring (bicyclic) bond motifs is 1. The normalized spacial score (nSPS) is 15.1. The van der Waals surface area contributed by atoms with Crippen LogP contribution in [-0.4, -0.2) is 24.9 Å². The van der Waals surface area contributed by atoms with Crippen molar-refractivity contribution >= 4 is 51.4 Å². The molecule has 2 N–H and O–H groups in total. The Hall–Kier alpha value is -3.16. The Bertz CT molecular complexity index is 1330. The number of rotatable bonds is 5. The molecule has 1 aliphatic rings. The van der Waals surface area contributed by atoms with E-state index in [4.69, 9.17) is 16.3 Å². The second-order valence-corrected chi connectivity index (χ2v) is 11.5. The lowest BCUT2D eigenvalue weighted by molar-refractivity contribution is 0.0601. The molecule has 36 heavy (non-hydrogen) atoms. The van der Waals surface area contributed by atoms with Crippen LogP contribution in [0.2, 0.25) is 5.02 Å². The number of hydrogen-bond donors (Lipinski definition) is 2. The molecular weight excluding hydrogens is 496 g/mol. The van der Waals surface area contributed by atoms with E-state index >= 15 is 0 Å².